The minimum Gasteiger partial charge on any atom is -0.475 e. The second-order valence-corrected chi connectivity index (χ2v) is 6.67. The van der Waals surface area contributed by atoms with Gasteiger partial charge in [-0.05, 0) is 61.7 Å². The van der Waals surface area contributed by atoms with E-state index in [2.05, 4.69) is 16.7 Å². The van der Waals surface area contributed by atoms with Gasteiger partial charge >= 0.3 is 0 Å². The molecule has 25 heavy (non-hydrogen) atoms. The number of piperidine rings is 1. The summed E-state index contributed by atoms with van der Waals surface area (Å²) in [4.78, 5) is 2.38. The van der Waals surface area contributed by atoms with Gasteiger partial charge in [0.2, 0.25) is 0 Å². The number of anilines is 1. The normalized spacial score (nSPS) is 17.6. The van der Waals surface area contributed by atoms with E-state index in [9.17, 15) is 0 Å². The van der Waals surface area contributed by atoms with Crippen molar-refractivity contribution in [2.45, 2.75) is 31.9 Å². The first kappa shape index (κ1) is 17.7. The van der Waals surface area contributed by atoms with Gasteiger partial charge in [0, 0.05) is 35.8 Å². The van der Waals surface area contributed by atoms with Crippen molar-refractivity contribution in [2.75, 3.05) is 18.8 Å². The van der Waals surface area contributed by atoms with E-state index in [-0.39, 0.29) is 6.23 Å². The Labute approximate surface area is 154 Å². The molecule has 0 spiro atoms. The Morgan fingerprint density at radius 3 is 2.80 bits per heavy atom. The van der Waals surface area contributed by atoms with Crippen molar-refractivity contribution < 1.29 is 4.74 Å². The molecule has 1 atom stereocenters. The van der Waals surface area contributed by atoms with Crippen molar-refractivity contribution in [1.29, 1.82) is 0 Å². The Morgan fingerprint density at radius 2 is 2.00 bits per heavy atom. The number of rotatable bonds is 4. The molecule has 0 radical (unpaired) electrons. The molecule has 0 saturated carbocycles. The first-order chi connectivity index (χ1) is 12.2. The molecule has 0 amide bonds. The molecule has 3 nitrogen and oxygen atoms in total. The quantitative estimate of drug-likeness (QED) is 0.646. The molecule has 130 valence electrons. The van der Waals surface area contributed by atoms with E-state index >= 15 is 0 Å². The Balaban J connectivity index is 1.55. The largest absolute Gasteiger partial charge is 0.475 e. The summed E-state index contributed by atoms with van der Waals surface area (Å²) in [5, 5.41) is 0.727. The summed E-state index contributed by atoms with van der Waals surface area (Å²) in [6.07, 6.45) is 4.39. The van der Waals surface area contributed by atoms with Crippen LogP contribution in [0.15, 0.2) is 48.5 Å². The molecule has 1 saturated heterocycles. The summed E-state index contributed by atoms with van der Waals surface area (Å²) in [7, 11) is 0. The van der Waals surface area contributed by atoms with E-state index in [4.69, 9.17) is 22.1 Å². The summed E-state index contributed by atoms with van der Waals surface area (Å²) < 4.78 is 6.16. The summed E-state index contributed by atoms with van der Waals surface area (Å²) in [6.45, 7) is 1.96. The number of likely N-dealkylation sites (tertiary alicyclic amines) is 1. The Hall–Kier alpha value is -2.15. The Kier molecular flexibility index (Phi) is 6.22. The second kappa shape index (κ2) is 8.80. The molecule has 1 unspecified atom stereocenters. The number of ether oxygens (including phenoxy) is 1. The SMILES string of the molecule is Nc1cccc(C#CCCN2CCCCC2Oc2ccc(Cl)cc2)c1. The highest BCUT2D eigenvalue weighted by molar-refractivity contribution is 6.30. The molecule has 4 heteroatoms. The lowest BCUT2D eigenvalue weighted by atomic mass is 10.1. The van der Waals surface area contributed by atoms with Crippen LogP contribution in [-0.2, 0) is 0 Å². The van der Waals surface area contributed by atoms with Gasteiger partial charge < -0.3 is 10.5 Å². The first-order valence-electron chi connectivity index (χ1n) is 8.71. The highest BCUT2D eigenvalue weighted by Gasteiger charge is 2.23. The van der Waals surface area contributed by atoms with Gasteiger partial charge in [-0.2, -0.15) is 0 Å². The standard InChI is InChI=1S/C21H23ClN2O/c22-18-10-12-20(13-11-18)25-21-9-2-4-15-24(21)14-3-1-6-17-7-5-8-19(23)16-17/h5,7-8,10-13,16,21H,2-4,9,14-15,23H2. The lowest BCUT2D eigenvalue weighted by molar-refractivity contribution is -0.00224. The smallest absolute Gasteiger partial charge is 0.152 e. The van der Waals surface area contributed by atoms with Gasteiger partial charge in [-0.25, -0.2) is 0 Å². The van der Waals surface area contributed by atoms with Crippen LogP contribution in [0.5, 0.6) is 5.75 Å². The fourth-order valence-corrected chi connectivity index (χ4v) is 3.13. The maximum atomic E-state index is 6.16. The van der Waals surface area contributed by atoms with E-state index in [0.29, 0.717) is 0 Å². The van der Waals surface area contributed by atoms with Crippen molar-refractivity contribution in [3.8, 4) is 17.6 Å². The molecule has 2 aromatic carbocycles. The zero-order valence-electron chi connectivity index (χ0n) is 14.2. The van der Waals surface area contributed by atoms with Crippen LogP contribution in [0.25, 0.3) is 0 Å². The molecular formula is C21H23ClN2O. The summed E-state index contributed by atoms with van der Waals surface area (Å²) >= 11 is 5.94. The number of benzene rings is 2. The van der Waals surface area contributed by atoms with E-state index < -0.39 is 0 Å². The third-order valence-electron chi connectivity index (χ3n) is 4.28. The molecule has 0 aromatic heterocycles. The monoisotopic (exact) mass is 354 g/mol. The Morgan fingerprint density at radius 1 is 1.16 bits per heavy atom. The lowest BCUT2D eigenvalue weighted by Gasteiger charge is -2.35. The molecule has 2 N–H and O–H groups in total. The fraction of sp³-hybridized carbons (Fsp3) is 0.333. The highest BCUT2D eigenvalue weighted by atomic mass is 35.5. The fourth-order valence-electron chi connectivity index (χ4n) is 3.00. The maximum absolute atomic E-state index is 6.16. The van der Waals surface area contributed by atoms with E-state index in [1.807, 2.05) is 48.5 Å². The van der Waals surface area contributed by atoms with Crippen molar-refractivity contribution in [1.82, 2.24) is 4.90 Å². The predicted molar refractivity (Wildman–Crippen MR) is 104 cm³/mol. The summed E-state index contributed by atoms with van der Waals surface area (Å²) in [6, 6.07) is 15.3. The van der Waals surface area contributed by atoms with Crippen LogP contribution < -0.4 is 10.5 Å². The third kappa shape index (κ3) is 5.42. The average Bonchev–Trinajstić information content (AvgIpc) is 2.62. The third-order valence-corrected chi connectivity index (χ3v) is 4.53. The van der Waals surface area contributed by atoms with Crippen molar-refractivity contribution in [3.05, 3.63) is 59.1 Å². The van der Waals surface area contributed by atoms with Crippen LogP contribution in [0.2, 0.25) is 5.02 Å². The number of nitrogens with zero attached hydrogens (tertiary/aromatic N) is 1. The molecule has 1 heterocycles. The van der Waals surface area contributed by atoms with Gasteiger partial charge in [0.1, 0.15) is 5.75 Å². The molecule has 1 fully saturated rings. The van der Waals surface area contributed by atoms with Gasteiger partial charge in [-0.1, -0.05) is 29.5 Å². The number of halogens is 1. The molecule has 1 aliphatic rings. The van der Waals surface area contributed by atoms with Gasteiger partial charge in [0.05, 0.1) is 0 Å². The topological polar surface area (TPSA) is 38.5 Å². The maximum Gasteiger partial charge on any atom is 0.152 e. The van der Waals surface area contributed by atoms with Crippen LogP contribution in [0.4, 0.5) is 5.69 Å². The first-order valence-corrected chi connectivity index (χ1v) is 9.09. The molecular weight excluding hydrogens is 332 g/mol. The van der Waals surface area contributed by atoms with Crippen molar-refractivity contribution in [3.63, 3.8) is 0 Å². The van der Waals surface area contributed by atoms with E-state index in [0.717, 1.165) is 48.0 Å². The molecule has 0 bridgehead atoms. The van der Waals surface area contributed by atoms with Crippen molar-refractivity contribution >= 4 is 17.3 Å². The highest BCUT2D eigenvalue weighted by Crippen LogP contribution is 2.23. The number of nitrogen functional groups attached to an aromatic ring is 1. The second-order valence-electron chi connectivity index (χ2n) is 6.24. The van der Waals surface area contributed by atoms with Crippen LogP contribution in [0.1, 0.15) is 31.2 Å². The summed E-state index contributed by atoms with van der Waals surface area (Å²) in [5.74, 6) is 7.30. The number of hydrogen-bond acceptors (Lipinski definition) is 3. The van der Waals surface area contributed by atoms with Gasteiger partial charge in [-0.15, -0.1) is 0 Å². The molecule has 0 aliphatic carbocycles. The van der Waals surface area contributed by atoms with Gasteiger partial charge in [-0.3, -0.25) is 4.90 Å². The molecule has 1 aliphatic heterocycles. The van der Waals surface area contributed by atoms with Gasteiger partial charge in [0.25, 0.3) is 0 Å². The molecule has 2 aromatic rings. The minimum atomic E-state index is 0.115. The summed E-state index contributed by atoms with van der Waals surface area (Å²) in [5.41, 5.74) is 7.49. The minimum absolute atomic E-state index is 0.115. The number of hydrogen-bond donors (Lipinski definition) is 1. The van der Waals surface area contributed by atoms with Crippen LogP contribution in [0.3, 0.4) is 0 Å². The molecule has 3 rings (SSSR count). The Bertz CT molecular complexity index is 748. The van der Waals surface area contributed by atoms with Gasteiger partial charge in [0.15, 0.2) is 6.23 Å². The zero-order chi connectivity index (χ0) is 17.5. The average molecular weight is 355 g/mol. The van der Waals surface area contributed by atoms with Crippen LogP contribution >= 0.6 is 11.6 Å². The van der Waals surface area contributed by atoms with E-state index in [1.54, 1.807) is 0 Å². The zero-order valence-corrected chi connectivity index (χ0v) is 15.0. The van der Waals surface area contributed by atoms with Crippen LogP contribution in [0, 0.1) is 11.8 Å². The van der Waals surface area contributed by atoms with E-state index in [1.165, 1.54) is 12.8 Å². The lowest BCUT2D eigenvalue weighted by Crippen LogP contribution is -2.43. The predicted octanol–water partition coefficient (Wildman–Crippen LogP) is 4.55. The number of nitrogens with two attached hydrogens (primary N) is 1. The van der Waals surface area contributed by atoms with Crippen LogP contribution in [-0.4, -0.2) is 24.2 Å². The van der Waals surface area contributed by atoms with Crippen molar-refractivity contribution in [2.24, 2.45) is 0 Å².